The minimum absolute atomic E-state index is 0.237. The van der Waals surface area contributed by atoms with Gasteiger partial charge in [0.1, 0.15) is 16.0 Å². The highest BCUT2D eigenvalue weighted by Gasteiger charge is 2.10. The predicted molar refractivity (Wildman–Crippen MR) is 86.1 cm³/mol. The molecule has 3 aromatic rings. The summed E-state index contributed by atoms with van der Waals surface area (Å²) in [5, 5.41) is 2.07. The molecule has 0 saturated carbocycles. The Morgan fingerprint density at radius 2 is 1.95 bits per heavy atom. The van der Waals surface area contributed by atoms with Crippen LogP contribution in [0.1, 0.15) is 31.2 Å². The molecular weight excluding hydrogens is 304 g/mol. The maximum Gasteiger partial charge on any atom is 0.172 e. The smallest absolute Gasteiger partial charge is 0.172 e. The minimum atomic E-state index is 0.237. The average molecular weight is 319 g/mol. The quantitative estimate of drug-likeness (QED) is 0.718. The molecule has 0 amide bonds. The summed E-state index contributed by atoms with van der Waals surface area (Å²) < 4.78 is 0. The van der Waals surface area contributed by atoms with Gasteiger partial charge in [-0.15, -0.1) is 0 Å². The lowest BCUT2D eigenvalue weighted by atomic mass is 10.2. The molecule has 0 unspecified atom stereocenters. The van der Waals surface area contributed by atoms with Gasteiger partial charge in [0.15, 0.2) is 5.16 Å². The van der Waals surface area contributed by atoms with Gasteiger partial charge >= 0.3 is 0 Å². The molecule has 2 heterocycles. The van der Waals surface area contributed by atoms with Crippen LogP contribution in [0.2, 0.25) is 5.15 Å². The van der Waals surface area contributed by atoms with E-state index >= 15 is 0 Å². The molecule has 0 bridgehead atoms. The van der Waals surface area contributed by atoms with E-state index in [1.54, 1.807) is 6.07 Å². The van der Waals surface area contributed by atoms with Gasteiger partial charge in [-0.3, -0.25) is 0 Å². The molecule has 0 aliphatic carbocycles. The fourth-order valence-corrected chi connectivity index (χ4v) is 3.04. The van der Waals surface area contributed by atoms with E-state index in [4.69, 9.17) is 11.6 Å². The Labute approximate surface area is 132 Å². The van der Waals surface area contributed by atoms with Gasteiger partial charge in [-0.05, 0) is 36.4 Å². The first-order valence-electron chi connectivity index (χ1n) is 6.70. The summed E-state index contributed by atoms with van der Waals surface area (Å²) in [5.41, 5.74) is 3.18. The van der Waals surface area contributed by atoms with Crippen LogP contribution in [-0.2, 0) is 0 Å². The van der Waals surface area contributed by atoms with Gasteiger partial charge in [-0.25, -0.2) is 15.0 Å². The molecule has 0 aliphatic rings. The molecule has 6 heteroatoms. The Morgan fingerprint density at radius 1 is 1.14 bits per heavy atom. The highest BCUT2D eigenvalue weighted by Crippen LogP contribution is 2.28. The van der Waals surface area contributed by atoms with E-state index in [1.807, 2.05) is 19.9 Å². The monoisotopic (exact) mass is 318 g/mol. The third kappa shape index (κ3) is 3.19. The predicted octanol–water partition coefficient (Wildman–Crippen LogP) is 4.59. The van der Waals surface area contributed by atoms with Crippen molar-refractivity contribution >= 4 is 34.4 Å². The van der Waals surface area contributed by atoms with E-state index < -0.39 is 0 Å². The summed E-state index contributed by atoms with van der Waals surface area (Å²) in [7, 11) is 0. The molecule has 0 saturated heterocycles. The molecule has 21 heavy (non-hydrogen) atoms. The number of aromatic amines is 1. The van der Waals surface area contributed by atoms with E-state index in [-0.39, 0.29) is 5.92 Å². The summed E-state index contributed by atoms with van der Waals surface area (Å²) in [5.74, 6) is 0.985. The minimum Gasteiger partial charge on any atom is -0.333 e. The van der Waals surface area contributed by atoms with Gasteiger partial charge in [0.2, 0.25) is 0 Å². The fraction of sp³-hybridized carbons (Fsp3) is 0.267. The van der Waals surface area contributed by atoms with Crippen molar-refractivity contribution in [1.82, 2.24) is 19.9 Å². The Hall–Kier alpha value is -1.59. The number of fused-ring (bicyclic) bond motifs is 1. The van der Waals surface area contributed by atoms with Crippen LogP contribution >= 0.6 is 23.4 Å². The normalized spacial score (nSPS) is 11.5. The highest BCUT2D eigenvalue weighted by molar-refractivity contribution is 7.99. The van der Waals surface area contributed by atoms with Crippen LogP contribution in [-0.4, -0.2) is 19.9 Å². The largest absolute Gasteiger partial charge is 0.333 e. The number of nitrogens with zero attached hydrogens (tertiary/aromatic N) is 3. The number of rotatable bonds is 3. The second-order valence-electron chi connectivity index (χ2n) is 5.21. The van der Waals surface area contributed by atoms with Gasteiger partial charge in [0.25, 0.3) is 0 Å². The summed E-state index contributed by atoms with van der Waals surface area (Å²) in [4.78, 5) is 16.6. The maximum absolute atomic E-state index is 6.06. The van der Waals surface area contributed by atoms with Crippen LogP contribution in [0.4, 0.5) is 0 Å². The van der Waals surface area contributed by atoms with E-state index in [1.165, 1.54) is 17.3 Å². The van der Waals surface area contributed by atoms with Crippen LogP contribution in [0.5, 0.6) is 0 Å². The number of hydrogen-bond acceptors (Lipinski definition) is 4. The molecule has 2 aromatic heterocycles. The number of hydrogen-bond donors (Lipinski definition) is 1. The number of aromatic nitrogens is 4. The summed E-state index contributed by atoms with van der Waals surface area (Å²) in [6.07, 6.45) is 0. The van der Waals surface area contributed by atoms with Crippen molar-refractivity contribution in [2.24, 2.45) is 0 Å². The molecule has 3 rings (SSSR count). The fourth-order valence-electron chi connectivity index (χ4n) is 1.97. The molecule has 4 nitrogen and oxygen atoms in total. The van der Waals surface area contributed by atoms with Crippen molar-refractivity contribution in [2.45, 2.75) is 36.9 Å². The van der Waals surface area contributed by atoms with E-state index in [0.29, 0.717) is 5.15 Å². The zero-order chi connectivity index (χ0) is 15.0. The van der Waals surface area contributed by atoms with Gasteiger partial charge in [0, 0.05) is 12.0 Å². The van der Waals surface area contributed by atoms with Crippen molar-refractivity contribution in [2.75, 3.05) is 0 Å². The average Bonchev–Trinajstić information content (AvgIpc) is 2.79. The lowest BCUT2D eigenvalue weighted by molar-refractivity contribution is 0.753. The highest BCUT2D eigenvalue weighted by atomic mass is 35.5. The zero-order valence-electron chi connectivity index (χ0n) is 12.0. The Morgan fingerprint density at radius 3 is 2.71 bits per heavy atom. The molecule has 108 valence electrons. The van der Waals surface area contributed by atoms with Gasteiger partial charge in [-0.1, -0.05) is 31.5 Å². The molecule has 0 fully saturated rings. The standard InChI is InChI=1S/C15H15ClN4S/c1-8(2)14-19-12(16)7-13(20-14)21-15-17-10-5-4-9(3)6-11(10)18-15/h4-8H,1-3H3,(H,17,18). The number of H-pyrrole nitrogens is 1. The number of aryl methyl sites for hydroxylation is 1. The summed E-state index contributed by atoms with van der Waals surface area (Å²) >= 11 is 7.53. The Balaban J connectivity index is 1.94. The summed E-state index contributed by atoms with van der Waals surface area (Å²) in [6, 6.07) is 7.91. The SMILES string of the molecule is Cc1ccc2nc(Sc3cc(Cl)nc(C(C)C)n3)[nH]c2c1. The van der Waals surface area contributed by atoms with Crippen LogP contribution in [0.3, 0.4) is 0 Å². The van der Waals surface area contributed by atoms with Crippen molar-refractivity contribution in [3.05, 3.63) is 40.8 Å². The van der Waals surface area contributed by atoms with Gasteiger partial charge in [0.05, 0.1) is 11.0 Å². The van der Waals surface area contributed by atoms with Gasteiger partial charge < -0.3 is 4.98 Å². The molecule has 0 spiro atoms. The zero-order valence-corrected chi connectivity index (χ0v) is 13.6. The molecule has 0 atom stereocenters. The van der Waals surface area contributed by atoms with Crippen LogP contribution in [0.25, 0.3) is 11.0 Å². The van der Waals surface area contributed by atoms with Crippen molar-refractivity contribution in [3.63, 3.8) is 0 Å². The van der Waals surface area contributed by atoms with Gasteiger partial charge in [-0.2, -0.15) is 0 Å². The van der Waals surface area contributed by atoms with Crippen molar-refractivity contribution < 1.29 is 0 Å². The topological polar surface area (TPSA) is 54.5 Å². The number of benzene rings is 1. The van der Waals surface area contributed by atoms with E-state index in [9.17, 15) is 0 Å². The molecule has 0 radical (unpaired) electrons. The lowest BCUT2D eigenvalue weighted by Crippen LogP contribution is -1.98. The first kappa shape index (κ1) is 14.4. The Kier molecular flexibility index (Phi) is 3.87. The molecule has 1 N–H and O–H groups in total. The third-order valence-electron chi connectivity index (χ3n) is 3.02. The number of nitrogens with one attached hydrogen (secondary N) is 1. The maximum atomic E-state index is 6.06. The Bertz CT molecular complexity index is 797. The van der Waals surface area contributed by atoms with Crippen LogP contribution in [0.15, 0.2) is 34.4 Å². The van der Waals surface area contributed by atoms with E-state index in [0.717, 1.165) is 27.0 Å². The molecule has 0 aliphatic heterocycles. The number of imidazole rings is 1. The molecule has 1 aromatic carbocycles. The second kappa shape index (κ2) is 5.66. The summed E-state index contributed by atoms with van der Waals surface area (Å²) in [6.45, 7) is 6.15. The number of halogens is 1. The van der Waals surface area contributed by atoms with Crippen molar-refractivity contribution in [3.8, 4) is 0 Å². The van der Waals surface area contributed by atoms with E-state index in [2.05, 4.69) is 39.0 Å². The first-order valence-corrected chi connectivity index (χ1v) is 7.89. The van der Waals surface area contributed by atoms with Crippen LogP contribution in [0, 0.1) is 6.92 Å². The first-order chi connectivity index (χ1) is 10.0. The molecular formula is C15H15ClN4S. The second-order valence-corrected chi connectivity index (χ2v) is 6.60. The van der Waals surface area contributed by atoms with Crippen molar-refractivity contribution in [1.29, 1.82) is 0 Å². The third-order valence-corrected chi connectivity index (χ3v) is 4.02. The lowest BCUT2D eigenvalue weighted by Gasteiger charge is -2.05. The van der Waals surface area contributed by atoms with Crippen LogP contribution < -0.4 is 0 Å².